The SMILES string of the molecule is CC(c1ccc2[nH]cc(C[C@H]3CCCN3C)c2c1)S(N)(=O)=O. The molecule has 2 atom stereocenters. The van der Waals surface area contributed by atoms with Gasteiger partial charge in [-0.25, -0.2) is 13.6 Å². The molecule has 1 aromatic heterocycles. The van der Waals surface area contributed by atoms with Gasteiger partial charge in [0.1, 0.15) is 0 Å². The molecular formula is C16H23N3O2S. The van der Waals surface area contributed by atoms with E-state index < -0.39 is 15.3 Å². The van der Waals surface area contributed by atoms with Crippen LogP contribution in [-0.4, -0.2) is 37.9 Å². The fourth-order valence-electron chi connectivity index (χ4n) is 3.30. The summed E-state index contributed by atoms with van der Waals surface area (Å²) in [5, 5.41) is 5.70. The van der Waals surface area contributed by atoms with Crippen LogP contribution in [0.5, 0.6) is 0 Å². The van der Waals surface area contributed by atoms with E-state index in [0.29, 0.717) is 6.04 Å². The van der Waals surface area contributed by atoms with Crippen LogP contribution in [0.4, 0.5) is 0 Å². The molecule has 2 aromatic rings. The maximum absolute atomic E-state index is 11.6. The van der Waals surface area contributed by atoms with Crippen LogP contribution in [-0.2, 0) is 16.4 Å². The Balaban J connectivity index is 1.95. The standard InChI is InChI=1S/C16H23N3O2S/c1-11(22(17,20)21)12-5-6-16-15(9-12)13(10-18-16)8-14-4-3-7-19(14)2/h5-6,9-11,14,18H,3-4,7-8H2,1-2H3,(H2,17,20,21)/t11?,14-/m1/s1. The fourth-order valence-corrected chi connectivity index (χ4v) is 3.82. The van der Waals surface area contributed by atoms with Gasteiger partial charge in [0.25, 0.3) is 0 Å². The van der Waals surface area contributed by atoms with Crippen LogP contribution in [0.3, 0.4) is 0 Å². The minimum absolute atomic E-state index is 0.568. The van der Waals surface area contributed by atoms with E-state index in [2.05, 4.69) is 16.9 Å². The summed E-state index contributed by atoms with van der Waals surface area (Å²) in [7, 11) is -1.40. The van der Waals surface area contributed by atoms with Gasteiger partial charge in [0, 0.05) is 23.1 Å². The lowest BCUT2D eigenvalue weighted by Crippen LogP contribution is -2.26. The molecule has 1 unspecified atom stereocenters. The molecule has 0 amide bonds. The van der Waals surface area contributed by atoms with Crippen molar-refractivity contribution in [3.8, 4) is 0 Å². The quantitative estimate of drug-likeness (QED) is 0.905. The third kappa shape index (κ3) is 2.91. The lowest BCUT2D eigenvalue weighted by Gasteiger charge is -2.19. The van der Waals surface area contributed by atoms with Crippen molar-refractivity contribution >= 4 is 20.9 Å². The Morgan fingerprint density at radius 1 is 1.45 bits per heavy atom. The van der Waals surface area contributed by atoms with Gasteiger partial charge in [-0.2, -0.15) is 0 Å². The van der Waals surface area contributed by atoms with Crippen molar-refractivity contribution in [2.24, 2.45) is 5.14 Å². The number of aromatic nitrogens is 1. The minimum atomic E-state index is -3.57. The number of sulfonamides is 1. The first-order valence-corrected chi connectivity index (χ1v) is 9.29. The lowest BCUT2D eigenvalue weighted by atomic mass is 10.0. The Bertz CT molecular complexity index is 782. The monoisotopic (exact) mass is 321 g/mol. The Labute approximate surface area is 131 Å². The summed E-state index contributed by atoms with van der Waals surface area (Å²) in [5.41, 5.74) is 3.04. The summed E-state index contributed by atoms with van der Waals surface area (Å²) in [4.78, 5) is 5.68. The van der Waals surface area contributed by atoms with Gasteiger partial charge in [-0.05, 0) is 63.0 Å². The maximum Gasteiger partial charge on any atom is 0.215 e. The number of fused-ring (bicyclic) bond motifs is 1. The molecule has 0 spiro atoms. The molecule has 5 nitrogen and oxygen atoms in total. The van der Waals surface area contributed by atoms with Crippen molar-refractivity contribution in [2.45, 2.75) is 37.5 Å². The molecule has 22 heavy (non-hydrogen) atoms. The van der Waals surface area contributed by atoms with Crippen molar-refractivity contribution in [2.75, 3.05) is 13.6 Å². The normalized spacial score (nSPS) is 21.5. The fraction of sp³-hybridized carbons (Fsp3) is 0.500. The van der Waals surface area contributed by atoms with E-state index >= 15 is 0 Å². The summed E-state index contributed by atoms with van der Waals surface area (Å²) in [5.74, 6) is 0. The number of aromatic amines is 1. The molecular weight excluding hydrogens is 298 g/mol. The van der Waals surface area contributed by atoms with Gasteiger partial charge in [0.05, 0.1) is 5.25 Å². The Kier molecular flexibility index (Phi) is 4.01. The maximum atomic E-state index is 11.6. The van der Waals surface area contributed by atoms with E-state index in [-0.39, 0.29) is 0 Å². The topological polar surface area (TPSA) is 79.2 Å². The number of benzene rings is 1. The van der Waals surface area contributed by atoms with Crippen molar-refractivity contribution in [3.63, 3.8) is 0 Å². The van der Waals surface area contributed by atoms with Crippen LogP contribution < -0.4 is 5.14 Å². The molecule has 2 heterocycles. The number of likely N-dealkylation sites (N-methyl/N-ethyl adjacent to an activating group) is 1. The van der Waals surface area contributed by atoms with Crippen molar-refractivity contribution < 1.29 is 8.42 Å². The Morgan fingerprint density at radius 2 is 2.23 bits per heavy atom. The number of H-pyrrole nitrogens is 1. The molecule has 0 aliphatic carbocycles. The predicted octanol–water partition coefficient (Wildman–Crippen LogP) is 2.15. The molecule has 1 aliphatic heterocycles. The second-order valence-electron chi connectivity index (χ2n) is 6.33. The number of nitrogens with zero attached hydrogens (tertiary/aromatic N) is 1. The number of hydrogen-bond donors (Lipinski definition) is 2. The van der Waals surface area contributed by atoms with E-state index in [1.165, 1.54) is 18.4 Å². The highest BCUT2D eigenvalue weighted by Crippen LogP contribution is 2.28. The van der Waals surface area contributed by atoms with Gasteiger partial charge in [0.2, 0.25) is 10.0 Å². The summed E-state index contributed by atoms with van der Waals surface area (Å²) in [6.45, 7) is 2.79. The van der Waals surface area contributed by atoms with E-state index in [1.807, 2.05) is 24.4 Å². The first-order valence-electron chi connectivity index (χ1n) is 7.68. The summed E-state index contributed by atoms with van der Waals surface area (Å²) < 4.78 is 23.2. The number of nitrogens with one attached hydrogen (secondary N) is 1. The second kappa shape index (κ2) is 5.68. The first-order chi connectivity index (χ1) is 10.4. The molecule has 0 radical (unpaired) electrons. The number of nitrogens with two attached hydrogens (primary N) is 1. The van der Waals surface area contributed by atoms with Crippen LogP contribution >= 0.6 is 0 Å². The van der Waals surface area contributed by atoms with Gasteiger partial charge >= 0.3 is 0 Å². The van der Waals surface area contributed by atoms with Crippen molar-refractivity contribution in [1.29, 1.82) is 0 Å². The molecule has 3 N–H and O–H groups in total. The predicted molar refractivity (Wildman–Crippen MR) is 89.2 cm³/mol. The zero-order valence-corrected chi connectivity index (χ0v) is 13.9. The smallest absolute Gasteiger partial charge is 0.215 e. The molecule has 6 heteroatoms. The molecule has 3 rings (SSSR count). The van der Waals surface area contributed by atoms with Crippen LogP contribution in [0.1, 0.15) is 36.1 Å². The van der Waals surface area contributed by atoms with Crippen LogP contribution in [0, 0.1) is 0 Å². The van der Waals surface area contributed by atoms with E-state index in [0.717, 1.165) is 29.4 Å². The van der Waals surface area contributed by atoms with Crippen molar-refractivity contribution in [3.05, 3.63) is 35.5 Å². The van der Waals surface area contributed by atoms with Gasteiger partial charge in [-0.3, -0.25) is 0 Å². The minimum Gasteiger partial charge on any atom is -0.361 e. The Hall–Kier alpha value is -1.37. The molecule has 0 saturated carbocycles. The third-order valence-electron chi connectivity index (χ3n) is 4.88. The highest BCUT2D eigenvalue weighted by molar-refractivity contribution is 7.89. The average Bonchev–Trinajstić information content (AvgIpc) is 3.04. The van der Waals surface area contributed by atoms with Crippen LogP contribution in [0.2, 0.25) is 0 Å². The third-order valence-corrected chi connectivity index (χ3v) is 6.14. The molecule has 1 aliphatic rings. The second-order valence-corrected chi connectivity index (χ2v) is 8.22. The van der Waals surface area contributed by atoms with E-state index in [4.69, 9.17) is 5.14 Å². The number of likely N-dealkylation sites (tertiary alicyclic amines) is 1. The Morgan fingerprint density at radius 3 is 2.86 bits per heavy atom. The van der Waals surface area contributed by atoms with Gasteiger partial charge in [0.15, 0.2) is 0 Å². The van der Waals surface area contributed by atoms with Crippen LogP contribution in [0.25, 0.3) is 10.9 Å². The van der Waals surface area contributed by atoms with Gasteiger partial charge in [-0.15, -0.1) is 0 Å². The molecule has 0 bridgehead atoms. The molecule has 1 fully saturated rings. The van der Waals surface area contributed by atoms with Crippen LogP contribution in [0.15, 0.2) is 24.4 Å². The zero-order chi connectivity index (χ0) is 15.9. The van der Waals surface area contributed by atoms with Gasteiger partial charge in [-0.1, -0.05) is 6.07 Å². The largest absolute Gasteiger partial charge is 0.361 e. The van der Waals surface area contributed by atoms with Gasteiger partial charge < -0.3 is 9.88 Å². The highest BCUT2D eigenvalue weighted by Gasteiger charge is 2.23. The zero-order valence-electron chi connectivity index (χ0n) is 13.0. The average molecular weight is 321 g/mol. The van der Waals surface area contributed by atoms with E-state index in [9.17, 15) is 8.42 Å². The summed E-state index contributed by atoms with van der Waals surface area (Å²) >= 11 is 0. The molecule has 1 aromatic carbocycles. The summed E-state index contributed by atoms with van der Waals surface area (Å²) in [6, 6.07) is 6.30. The highest BCUT2D eigenvalue weighted by atomic mass is 32.2. The van der Waals surface area contributed by atoms with E-state index in [1.54, 1.807) is 6.92 Å². The lowest BCUT2D eigenvalue weighted by molar-refractivity contribution is 0.310. The molecule has 1 saturated heterocycles. The molecule has 120 valence electrons. The number of primary sulfonamides is 1. The number of hydrogen-bond acceptors (Lipinski definition) is 3. The number of rotatable bonds is 4. The summed E-state index contributed by atoms with van der Waals surface area (Å²) in [6.07, 6.45) is 5.50. The first kappa shape index (κ1) is 15.5. The van der Waals surface area contributed by atoms with Crippen molar-refractivity contribution in [1.82, 2.24) is 9.88 Å².